The van der Waals surface area contributed by atoms with Crippen LogP contribution in [-0.4, -0.2) is 112 Å². The van der Waals surface area contributed by atoms with Crippen LogP contribution in [-0.2, 0) is 40.5 Å². The summed E-state index contributed by atoms with van der Waals surface area (Å²) in [6.45, 7) is 13.7. The van der Waals surface area contributed by atoms with Crippen molar-refractivity contribution < 1.29 is 102 Å². The van der Waals surface area contributed by atoms with Crippen molar-refractivity contribution in [2.75, 3.05) is 23.7 Å². The Kier molecular flexibility index (Phi) is 26.8. The van der Waals surface area contributed by atoms with Crippen LogP contribution < -0.4 is 89.4 Å². The molecule has 2 aliphatic rings. The Morgan fingerprint density at radius 1 is 0.354 bits per heavy atom. The normalized spacial score (nSPS) is 11.7. The highest BCUT2D eigenvalue weighted by Gasteiger charge is 2.32. The number of hydrogen-bond acceptors (Lipinski definition) is 22. The summed E-state index contributed by atoms with van der Waals surface area (Å²) in [6.07, 6.45) is 0. The van der Waals surface area contributed by atoms with E-state index < -0.39 is 83.2 Å². The van der Waals surface area contributed by atoms with E-state index in [-0.39, 0.29) is 79.6 Å². The molecule has 2 aromatic heterocycles. The topological polar surface area (TPSA) is 692 Å². The summed E-state index contributed by atoms with van der Waals surface area (Å²) in [6, 6.07) is 21.7. The Hall–Kier alpha value is -11.3. The predicted molar refractivity (Wildman–Crippen MR) is 345 cm³/mol. The zero-order valence-corrected chi connectivity index (χ0v) is 54.8. The minimum atomic E-state index is -4.81. The molecule has 0 amide bonds. The van der Waals surface area contributed by atoms with E-state index in [4.69, 9.17) is 8.83 Å². The molecule has 2 heterocycles. The van der Waals surface area contributed by atoms with Crippen LogP contribution >= 0.6 is 0 Å². The van der Waals surface area contributed by atoms with Crippen LogP contribution in [0.2, 0.25) is 0 Å². The van der Waals surface area contributed by atoms with Crippen LogP contribution in [0.5, 0.6) is 0 Å². The molecular weight excluding hydrogens is 1340 g/mol. The first-order valence-electron chi connectivity index (χ1n) is 26.9. The van der Waals surface area contributed by atoms with E-state index in [0.717, 1.165) is 130 Å². The fraction of sp³-hybridized carbons (Fsp3) is 0.138. The van der Waals surface area contributed by atoms with E-state index in [1.54, 1.807) is 0 Å². The van der Waals surface area contributed by atoms with Crippen LogP contribution in [0.25, 0.3) is 21.9 Å². The average molecular weight is 1410 g/mol. The maximum absolute atomic E-state index is 12.4. The average Bonchev–Trinajstić information content (AvgIpc) is 0.757. The summed E-state index contributed by atoms with van der Waals surface area (Å²) in [7, 11) is -19.3. The third-order valence-corrected chi connectivity index (χ3v) is 15.7. The molecular formula is C58H66N14O20S4. The molecule has 0 spiro atoms. The lowest BCUT2D eigenvalue weighted by molar-refractivity contribution is -0.117. The number of aryl methyl sites for hydroxylation is 4. The number of nitrogens with one attached hydrogen (secondary N) is 2. The van der Waals surface area contributed by atoms with Gasteiger partial charge in [0.05, 0.1) is 19.6 Å². The number of rotatable bonds is 8. The van der Waals surface area contributed by atoms with Gasteiger partial charge in [-0.05, 0) is 149 Å². The van der Waals surface area contributed by atoms with Gasteiger partial charge in [-0.1, -0.05) is 0 Å². The molecule has 512 valence electrons. The first kappa shape index (κ1) is 79.0. The molecule has 0 saturated carbocycles. The largest absolute Gasteiger partial charge is 0.744 e. The van der Waals surface area contributed by atoms with Gasteiger partial charge in [0, 0.05) is 104 Å². The van der Waals surface area contributed by atoms with Crippen LogP contribution in [0.3, 0.4) is 0 Å². The third-order valence-electron chi connectivity index (χ3n) is 12.4. The van der Waals surface area contributed by atoms with Crippen molar-refractivity contribution in [2.24, 2.45) is 45.9 Å². The number of hydrogen-bond donors (Lipinski definition) is 14. The minimum Gasteiger partial charge on any atom is -0.744 e. The summed E-state index contributed by atoms with van der Waals surface area (Å²) in [4.78, 5) is 69.6. The molecule has 26 N–H and O–H groups in total. The Labute approximate surface area is 547 Å². The number of carbonyl (C=O) groups is 4. The van der Waals surface area contributed by atoms with Gasteiger partial charge in [-0.15, -0.1) is 0 Å². The van der Waals surface area contributed by atoms with Gasteiger partial charge in [0.25, 0.3) is 0 Å². The maximum atomic E-state index is 12.4. The second-order valence-electron chi connectivity index (χ2n) is 19.8. The van der Waals surface area contributed by atoms with Crippen LogP contribution in [0.4, 0.5) is 11.4 Å². The Balaban J connectivity index is 0.000000313. The molecule has 2 aliphatic carbocycles. The van der Waals surface area contributed by atoms with Crippen LogP contribution in [0.15, 0.2) is 147 Å². The number of anilines is 2. The second-order valence-corrected chi connectivity index (χ2v) is 25.4. The van der Waals surface area contributed by atoms with Gasteiger partial charge >= 0.3 is 35.1 Å². The van der Waals surface area contributed by atoms with Gasteiger partial charge in [0.15, 0.2) is 23.1 Å². The summed E-state index contributed by atoms with van der Waals surface area (Å²) in [5.74, 6) is -3.33. The molecule has 10 rings (SSSR count). The predicted octanol–water partition coefficient (Wildman–Crippen LogP) is -5.70. The third kappa shape index (κ3) is 21.9. The number of carbonyl (C=O) groups excluding carboxylic acids is 4. The number of nitrogens with two attached hydrogens (primary N) is 12. The molecule has 0 bridgehead atoms. The van der Waals surface area contributed by atoms with Crippen molar-refractivity contribution in [2.45, 2.75) is 61.1 Å². The molecule has 0 atom stereocenters. The first-order chi connectivity index (χ1) is 44.2. The highest BCUT2D eigenvalue weighted by atomic mass is 32.2. The Morgan fingerprint density at radius 3 is 0.750 bits per heavy atom. The fourth-order valence-corrected chi connectivity index (χ4v) is 10.5. The quantitative estimate of drug-likeness (QED) is 0.0292. The number of fused-ring (bicyclic) bond motifs is 6. The van der Waals surface area contributed by atoms with E-state index in [1.165, 1.54) is 12.1 Å². The highest BCUT2D eigenvalue weighted by molar-refractivity contribution is 7.86. The van der Waals surface area contributed by atoms with E-state index in [2.05, 4.69) is 78.1 Å². The molecule has 34 nitrogen and oxygen atoms in total. The first-order valence-corrected chi connectivity index (χ1v) is 32.5. The molecule has 8 aromatic rings. The van der Waals surface area contributed by atoms with E-state index in [9.17, 15) is 80.6 Å². The lowest BCUT2D eigenvalue weighted by atomic mass is 9.84. The zero-order chi connectivity index (χ0) is 73.4. The highest BCUT2D eigenvalue weighted by Crippen LogP contribution is 2.33. The summed E-state index contributed by atoms with van der Waals surface area (Å²) < 4.78 is 143. The summed E-state index contributed by atoms with van der Waals surface area (Å²) in [5.41, 5.74) is 41.8. The van der Waals surface area contributed by atoms with Gasteiger partial charge in [0.2, 0.25) is 0 Å². The molecule has 6 aromatic carbocycles. The van der Waals surface area contributed by atoms with Crippen molar-refractivity contribution >= 4 is 121 Å². The van der Waals surface area contributed by atoms with Crippen molar-refractivity contribution in [1.82, 2.24) is 0 Å². The Bertz CT molecular complexity index is 4520. The zero-order valence-electron chi connectivity index (χ0n) is 51.5. The molecule has 38 heteroatoms. The monoisotopic (exact) mass is 1410 g/mol. The van der Waals surface area contributed by atoms with Crippen molar-refractivity contribution in [3.8, 4) is 0 Å². The van der Waals surface area contributed by atoms with Crippen molar-refractivity contribution in [1.29, 1.82) is 0 Å². The minimum absolute atomic E-state index is 0.0833. The van der Waals surface area contributed by atoms with E-state index >= 15 is 0 Å². The van der Waals surface area contributed by atoms with Crippen LogP contribution in [0, 0.1) is 27.7 Å². The number of benzene rings is 6. The van der Waals surface area contributed by atoms with Crippen molar-refractivity contribution in [3.05, 3.63) is 197 Å². The van der Waals surface area contributed by atoms with Gasteiger partial charge < -0.3 is 37.7 Å². The molecule has 0 radical (unpaired) electrons. The molecule has 0 saturated heterocycles. The Morgan fingerprint density at radius 2 is 0.562 bits per heavy atom. The van der Waals surface area contributed by atoms with E-state index in [1.807, 2.05) is 65.8 Å². The van der Waals surface area contributed by atoms with E-state index in [0.29, 0.717) is 11.2 Å². The molecule has 0 unspecified atom stereocenters. The number of guanidine groups is 4. The molecule has 0 aliphatic heterocycles. The molecule has 0 fully saturated rings. The second kappa shape index (κ2) is 32.5. The SMILES string of the molecule is CCNc1cc2oc(=O)cc(C)c2cc1C.CCNc1cc2oc(=O)cc(C)c2cc1C.NC(N)=[NH2+].NC(N)=[NH2+].NC(N)=[NH2+].NC(N)=[NH2+].O=C1c2ccc(S(=O)(=O)[O-])cc2C(=O)c2ccc(S(=O)(=O)[O-])cc21.O=C1c2ccc(S(=O)(=O)[O-])cc2C(=O)c2ccc(S(=O)(=O)[O-])cc21. The maximum Gasteiger partial charge on any atom is 0.336 e. The standard InChI is InChI=1S/2C14H8O8S2.2C13H15NO2.4CH5N3/c2*15-13-9-3-1-7(23(17,18)19)5-11(9)14(16)10-4-2-8(6-12(10)13)24(20,21)22;2*1-4-14-11-7-12-10(5-9(11)3)8(2)6-13(15)16-12;4*2-1(3)4/h2*1-6H,(H,17,18,19)(H,20,21,22);2*5-7,14H,4H2,1-3H3;4*(H5,2,3,4). The number of ketones is 4. The van der Waals surface area contributed by atoms with Gasteiger partial charge in [-0.2, -0.15) is 0 Å². The van der Waals surface area contributed by atoms with Gasteiger partial charge in [-0.3, -0.25) is 86.7 Å². The molecule has 96 heavy (non-hydrogen) atoms. The fourth-order valence-electron chi connectivity index (χ4n) is 8.55. The smallest absolute Gasteiger partial charge is 0.336 e. The summed E-state index contributed by atoms with van der Waals surface area (Å²) >= 11 is 0. The lowest BCUT2D eigenvalue weighted by Crippen LogP contribution is -2.51. The van der Waals surface area contributed by atoms with Gasteiger partial charge in [-0.25, -0.2) is 43.3 Å². The van der Waals surface area contributed by atoms with Crippen LogP contribution in [0.1, 0.15) is 99.8 Å². The summed E-state index contributed by atoms with van der Waals surface area (Å²) in [5, 5.41) is 26.8. The lowest BCUT2D eigenvalue weighted by Gasteiger charge is -2.20. The van der Waals surface area contributed by atoms with Crippen molar-refractivity contribution in [3.63, 3.8) is 0 Å². The van der Waals surface area contributed by atoms with Gasteiger partial charge in [0.1, 0.15) is 51.6 Å².